The second-order valence-electron chi connectivity index (χ2n) is 4.58. The predicted molar refractivity (Wildman–Crippen MR) is 83.9 cm³/mol. The van der Waals surface area contributed by atoms with E-state index in [1.165, 1.54) is 0 Å². The number of ether oxygens (including phenoxy) is 2. The van der Waals surface area contributed by atoms with E-state index in [0.717, 1.165) is 23.4 Å². The van der Waals surface area contributed by atoms with Gasteiger partial charge in [0.2, 0.25) is 5.88 Å². The maximum absolute atomic E-state index is 6.13. The highest BCUT2D eigenvalue weighted by molar-refractivity contribution is 6.31. The molecule has 0 aliphatic heterocycles. The van der Waals surface area contributed by atoms with Gasteiger partial charge in [-0.25, -0.2) is 4.98 Å². The van der Waals surface area contributed by atoms with Gasteiger partial charge in [0.05, 0.1) is 11.6 Å². The van der Waals surface area contributed by atoms with E-state index in [4.69, 9.17) is 21.1 Å². The molecular formula is C16H19ClN2O2. The number of hydrogen-bond donors (Lipinski definition) is 1. The second-order valence-corrected chi connectivity index (χ2v) is 4.98. The van der Waals surface area contributed by atoms with Gasteiger partial charge in [0.1, 0.15) is 5.75 Å². The largest absolute Gasteiger partial charge is 0.439 e. The molecule has 0 unspecified atom stereocenters. The molecule has 1 heterocycles. The summed E-state index contributed by atoms with van der Waals surface area (Å²) < 4.78 is 10.9. The molecule has 1 N–H and O–H groups in total. The van der Waals surface area contributed by atoms with Gasteiger partial charge in [0.15, 0.2) is 0 Å². The summed E-state index contributed by atoms with van der Waals surface area (Å²) in [6.07, 6.45) is 1.61. The molecule has 0 aliphatic rings. The minimum atomic E-state index is 0.530. The number of methoxy groups -OCH3 is 1. The Kier molecular flexibility index (Phi) is 5.99. The normalized spacial score (nSPS) is 10.6. The quantitative estimate of drug-likeness (QED) is 0.845. The van der Waals surface area contributed by atoms with Crippen LogP contribution in [0.4, 0.5) is 0 Å². The Labute approximate surface area is 130 Å². The van der Waals surface area contributed by atoms with Crippen molar-refractivity contribution in [2.24, 2.45) is 0 Å². The highest BCUT2D eigenvalue weighted by Crippen LogP contribution is 2.24. The molecule has 2 aromatic rings. The van der Waals surface area contributed by atoms with Crippen molar-refractivity contribution in [3.63, 3.8) is 0 Å². The van der Waals surface area contributed by atoms with Crippen LogP contribution in [0.2, 0.25) is 5.02 Å². The van der Waals surface area contributed by atoms with E-state index in [-0.39, 0.29) is 0 Å². The van der Waals surface area contributed by atoms with Crippen LogP contribution in [0.1, 0.15) is 18.1 Å². The highest BCUT2D eigenvalue weighted by atomic mass is 35.5. The Balaban J connectivity index is 2.13. The van der Waals surface area contributed by atoms with Crippen molar-refractivity contribution in [1.82, 2.24) is 10.3 Å². The fourth-order valence-corrected chi connectivity index (χ4v) is 2.07. The van der Waals surface area contributed by atoms with E-state index in [9.17, 15) is 0 Å². The molecule has 0 bridgehead atoms. The third-order valence-electron chi connectivity index (χ3n) is 2.91. The fraction of sp³-hybridized carbons (Fsp3) is 0.312. The molecule has 0 aliphatic carbocycles. The summed E-state index contributed by atoms with van der Waals surface area (Å²) in [6.45, 7) is 4.18. The van der Waals surface area contributed by atoms with Crippen LogP contribution >= 0.6 is 11.6 Å². The average molecular weight is 307 g/mol. The number of benzene rings is 1. The lowest BCUT2D eigenvalue weighted by molar-refractivity contribution is 0.184. The van der Waals surface area contributed by atoms with Gasteiger partial charge in [-0.3, -0.25) is 0 Å². The van der Waals surface area contributed by atoms with Crippen molar-refractivity contribution in [2.45, 2.75) is 20.1 Å². The zero-order valence-electron chi connectivity index (χ0n) is 12.2. The Morgan fingerprint density at radius 2 is 2.14 bits per heavy atom. The second kappa shape index (κ2) is 7.98. The summed E-state index contributed by atoms with van der Waals surface area (Å²) in [5.41, 5.74) is 2.02. The molecule has 0 spiro atoms. The van der Waals surface area contributed by atoms with Crippen LogP contribution in [0.5, 0.6) is 11.6 Å². The summed E-state index contributed by atoms with van der Waals surface area (Å²) in [7, 11) is 1.67. The molecule has 112 valence electrons. The van der Waals surface area contributed by atoms with E-state index in [2.05, 4.69) is 10.3 Å². The van der Waals surface area contributed by atoms with Crippen molar-refractivity contribution >= 4 is 11.6 Å². The molecular weight excluding hydrogens is 288 g/mol. The van der Waals surface area contributed by atoms with Crippen molar-refractivity contribution < 1.29 is 9.47 Å². The Hall–Kier alpha value is -1.62. The maximum atomic E-state index is 6.13. The first kappa shape index (κ1) is 15.8. The van der Waals surface area contributed by atoms with Gasteiger partial charge < -0.3 is 14.8 Å². The number of hydrogen-bond acceptors (Lipinski definition) is 4. The predicted octanol–water partition coefficient (Wildman–Crippen LogP) is 3.78. The Morgan fingerprint density at radius 3 is 2.90 bits per heavy atom. The number of pyridine rings is 1. The smallest absolute Gasteiger partial charge is 0.219 e. The molecule has 21 heavy (non-hydrogen) atoms. The summed E-state index contributed by atoms with van der Waals surface area (Å²) in [5, 5.41) is 3.87. The van der Waals surface area contributed by atoms with Gasteiger partial charge >= 0.3 is 0 Å². The zero-order chi connectivity index (χ0) is 15.1. The standard InChI is InChI=1S/C16H19ClN2O2/c1-3-18-9-13-8-16(19-10-15(13)17)21-14-6-4-5-12(7-14)11-20-2/h4-8,10,18H,3,9,11H2,1-2H3. The van der Waals surface area contributed by atoms with Crippen LogP contribution in [0, 0.1) is 0 Å². The van der Waals surface area contributed by atoms with Crippen molar-refractivity contribution in [1.29, 1.82) is 0 Å². The van der Waals surface area contributed by atoms with E-state index in [1.54, 1.807) is 13.3 Å². The molecule has 0 saturated carbocycles. The number of nitrogens with zero attached hydrogens (tertiary/aromatic N) is 1. The van der Waals surface area contributed by atoms with Crippen LogP contribution in [-0.2, 0) is 17.9 Å². The molecule has 2 rings (SSSR count). The van der Waals surface area contributed by atoms with Crippen LogP contribution < -0.4 is 10.1 Å². The summed E-state index contributed by atoms with van der Waals surface area (Å²) in [5.74, 6) is 1.26. The van der Waals surface area contributed by atoms with Crippen molar-refractivity contribution in [3.8, 4) is 11.6 Å². The molecule has 0 atom stereocenters. The average Bonchev–Trinajstić information content (AvgIpc) is 2.48. The first-order chi connectivity index (χ1) is 10.2. The maximum Gasteiger partial charge on any atom is 0.219 e. The lowest BCUT2D eigenvalue weighted by Gasteiger charge is -2.09. The van der Waals surface area contributed by atoms with Crippen LogP contribution in [0.25, 0.3) is 0 Å². The van der Waals surface area contributed by atoms with E-state index < -0.39 is 0 Å². The molecule has 0 fully saturated rings. The van der Waals surface area contributed by atoms with Crippen LogP contribution in [0.15, 0.2) is 36.5 Å². The van der Waals surface area contributed by atoms with Crippen molar-refractivity contribution in [2.75, 3.05) is 13.7 Å². The molecule has 0 amide bonds. The zero-order valence-corrected chi connectivity index (χ0v) is 13.0. The lowest BCUT2D eigenvalue weighted by Crippen LogP contribution is -2.12. The Bertz CT molecular complexity index is 590. The minimum Gasteiger partial charge on any atom is -0.439 e. The number of halogens is 1. The van der Waals surface area contributed by atoms with Crippen molar-refractivity contribution in [3.05, 3.63) is 52.7 Å². The lowest BCUT2D eigenvalue weighted by atomic mass is 10.2. The number of nitrogens with one attached hydrogen (secondary N) is 1. The third kappa shape index (κ3) is 4.70. The topological polar surface area (TPSA) is 43.4 Å². The molecule has 0 saturated heterocycles. The van der Waals surface area contributed by atoms with Crippen LogP contribution in [0.3, 0.4) is 0 Å². The number of aromatic nitrogens is 1. The van der Waals surface area contributed by atoms with E-state index in [1.807, 2.05) is 37.3 Å². The van der Waals surface area contributed by atoms with E-state index >= 15 is 0 Å². The van der Waals surface area contributed by atoms with Gasteiger partial charge in [0, 0.05) is 25.9 Å². The minimum absolute atomic E-state index is 0.530. The molecule has 1 aromatic heterocycles. The first-order valence-corrected chi connectivity index (χ1v) is 7.21. The van der Waals surface area contributed by atoms with Gasteiger partial charge in [-0.05, 0) is 29.8 Å². The molecule has 5 heteroatoms. The summed E-state index contributed by atoms with van der Waals surface area (Å²) in [6, 6.07) is 9.60. The summed E-state index contributed by atoms with van der Waals surface area (Å²) in [4.78, 5) is 4.20. The van der Waals surface area contributed by atoms with E-state index in [0.29, 0.717) is 24.1 Å². The SMILES string of the molecule is CCNCc1cc(Oc2cccc(COC)c2)ncc1Cl. The van der Waals surface area contributed by atoms with Gasteiger partial charge in [-0.15, -0.1) is 0 Å². The van der Waals surface area contributed by atoms with Gasteiger partial charge in [0.25, 0.3) is 0 Å². The van der Waals surface area contributed by atoms with Gasteiger partial charge in [-0.2, -0.15) is 0 Å². The third-order valence-corrected chi connectivity index (χ3v) is 3.25. The van der Waals surface area contributed by atoms with Gasteiger partial charge in [-0.1, -0.05) is 30.7 Å². The monoisotopic (exact) mass is 306 g/mol. The first-order valence-electron chi connectivity index (χ1n) is 6.83. The molecule has 0 radical (unpaired) electrons. The highest BCUT2D eigenvalue weighted by Gasteiger charge is 2.05. The molecule has 1 aromatic carbocycles. The molecule has 4 nitrogen and oxygen atoms in total. The summed E-state index contributed by atoms with van der Waals surface area (Å²) >= 11 is 6.13. The fourth-order valence-electron chi connectivity index (χ4n) is 1.90. The number of rotatable bonds is 7. The van der Waals surface area contributed by atoms with Crippen LogP contribution in [-0.4, -0.2) is 18.6 Å². The Morgan fingerprint density at radius 1 is 1.29 bits per heavy atom.